The summed E-state index contributed by atoms with van der Waals surface area (Å²) in [6.07, 6.45) is 1.70. The van der Waals surface area contributed by atoms with E-state index in [-0.39, 0.29) is 33.3 Å². The molecule has 0 saturated carbocycles. The van der Waals surface area contributed by atoms with Gasteiger partial charge in [0.1, 0.15) is 11.9 Å². The van der Waals surface area contributed by atoms with Gasteiger partial charge in [0.2, 0.25) is 15.9 Å². The van der Waals surface area contributed by atoms with E-state index in [2.05, 4.69) is 10.3 Å². The number of fused-ring (bicyclic) bond motifs is 2. The molecule has 3 N–H and O–H groups in total. The van der Waals surface area contributed by atoms with Crippen molar-refractivity contribution in [1.29, 1.82) is 0 Å². The van der Waals surface area contributed by atoms with E-state index in [1.54, 1.807) is 26.1 Å². The fourth-order valence-electron chi connectivity index (χ4n) is 5.31. The Bertz CT molecular complexity index is 1580. The van der Waals surface area contributed by atoms with Crippen molar-refractivity contribution in [3.05, 3.63) is 69.6 Å². The quantitative estimate of drug-likeness (QED) is 0.362. The number of anilines is 2. The van der Waals surface area contributed by atoms with E-state index < -0.39 is 27.4 Å². The molecule has 0 radical (unpaired) electrons. The van der Waals surface area contributed by atoms with Gasteiger partial charge in [-0.15, -0.1) is 0 Å². The Morgan fingerprint density at radius 1 is 1.18 bits per heavy atom. The van der Waals surface area contributed by atoms with Crippen LogP contribution < -0.4 is 15.8 Å². The number of carbonyl (C=O) groups excluding carboxylic acids is 1. The van der Waals surface area contributed by atoms with Gasteiger partial charge in [-0.05, 0) is 62.1 Å². The first kappa shape index (κ1) is 27.6. The van der Waals surface area contributed by atoms with Crippen LogP contribution in [-0.4, -0.2) is 42.5 Å². The van der Waals surface area contributed by atoms with Crippen molar-refractivity contribution in [2.75, 3.05) is 29.9 Å². The number of halogens is 3. The molecule has 0 unspecified atom stereocenters. The Morgan fingerprint density at radius 2 is 1.90 bits per heavy atom. The predicted octanol–water partition coefficient (Wildman–Crippen LogP) is 5.55. The number of rotatable bonds is 6. The molecule has 5 rings (SSSR count). The van der Waals surface area contributed by atoms with Crippen molar-refractivity contribution >= 4 is 50.6 Å². The molecule has 2 aliphatic heterocycles. The molecule has 206 valence electrons. The van der Waals surface area contributed by atoms with Crippen molar-refractivity contribution in [3.8, 4) is 16.9 Å². The van der Waals surface area contributed by atoms with E-state index >= 15 is 0 Å². The van der Waals surface area contributed by atoms with Gasteiger partial charge in [-0.3, -0.25) is 4.79 Å². The Labute approximate surface area is 236 Å². The van der Waals surface area contributed by atoms with Crippen LogP contribution in [0.25, 0.3) is 11.1 Å². The zero-order chi connectivity index (χ0) is 28.1. The second-order valence-corrected chi connectivity index (χ2v) is 12.8. The molecule has 1 saturated heterocycles. The topological polar surface area (TPSA) is 115 Å². The molecule has 12 heteroatoms. The third-order valence-electron chi connectivity index (χ3n) is 7.56. The monoisotopic (exact) mass is 592 g/mol. The predicted molar refractivity (Wildman–Crippen MR) is 150 cm³/mol. The molecule has 39 heavy (non-hydrogen) atoms. The van der Waals surface area contributed by atoms with Crippen LogP contribution in [0.15, 0.2) is 42.6 Å². The summed E-state index contributed by atoms with van der Waals surface area (Å²) in [5.41, 5.74) is 8.59. The van der Waals surface area contributed by atoms with Gasteiger partial charge in [0, 0.05) is 41.1 Å². The molecule has 8 nitrogen and oxygen atoms in total. The number of ether oxygens (including phenoxy) is 1. The number of hydrogen-bond acceptors (Lipinski definition) is 6. The Hall–Kier alpha value is -2.92. The zero-order valence-corrected chi connectivity index (χ0v) is 23.6. The highest BCUT2D eigenvalue weighted by Crippen LogP contribution is 2.47. The van der Waals surface area contributed by atoms with E-state index in [4.69, 9.17) is 33.7 Å². The Balaban J connectivity index is 1.41. The van der Waals surface area contributed by atoms with E-state index in [0.717, 1.165) is 11.1 Å². The molecule has 1 spiro atoms. The fraction of sp³-hybridized carbons (Fsp3) is 0.333. The molecule has 2 aromatic carbocycles. The third kappa shape index (κ3) is 4.84. The van der Waals surface area contributed by atoms with E-state index in [1.807, 2.05) is 18.2 Å². The SMILES string of the molecule is CCS(=O)(=O)N1CCC2(CC1)C(=O)Nc1cc(-c3cnc(N)c(O[C@H](C)c4c(Cl)ccc(F)c4Cl)c3)ccc12. The highest BCUT2D eigenvalue weighted by molar-refractivity contribution is 7.89. The van der Waals surface area contributed by atoms with E-state index in [1.165, 1.54) is 16.4 Å². The number of pyridine rings is 1. The largest absolute Gasteiger partial charge is 0.482 e. The minimum Gasteiger partial charge on any atom is -0.482 e. The summed E-state index contributed by atoms with van der Waals surface area (Å²) in [7, 11) is -3.31. The van der Waals surface area contributed by atoms with E-state index in [9.17, 15) is 17.6 Å². The molecular formula is C27H27Cl2FN4O4S. The molecule has 3 heterocycles. The van der Waals surface area contributed by atoms with Gasteiger partial charge in [0.05, 0.1) is 16.2 Å². The smallest absolute Gasteiger partial charge is 0.235 e. The second-order valence-electron chi connectivity index (χ2n) is 9.72. The van der Waals surface area contributed by atoms with Crippen LogP contribution in [0, 0.1) is 5.82 Å². The standard InChI is InChI=1S/C27H27Cl2FN4O4S/c1-3-39(36,37)34-10-8-27(9-11-34)18-5-4-16(12-21(18)33-26(27)35)17-13-22(25(31)32-14-17)38-15(2)23-19(28)6-7-20(30)24(23)29/h4-7,12-15H,3,8-11H2,1-2H3,(H2,31,32)(H,33,35)/t15-/m1/s1. The van der Waals surface area contributed by atoms with Gasteiger partial charge in [-0.1, -0.05) is 35.3 Å². The summed E-state index contributed by atoms with van der Waals surface area (Å²) in [6, 6.07) is 9.95. The Kier molecular flexibility index (Phi) is 7.26. The maximum atomic E-state index is 14.0. The maximum absolute atomic E-state index is 14.0. The number of aromatic nitrogens is 1. The van der Waals surface area contributed by atoms with Gasteiger partial charge >= 0.3 is 0 Å². The van der Waals surface area contributed by atoms with Gasteiger partial charge < -0.3 is 15.8 Å². The highest BCUT2D eigenvalue weighted by Gasteiger charge is 2.49. The maximum Gasteiger partial charge on any atom is 0.235 e. The first-order valence-electron chi connectivity index (χ1n) is 12.5. The second kappa shape index (κ2) is 10.2. The molecular weight excluding hydrogens is 566 g/mol. The highest BCUT2D eigenvalue weighted by atomic mass is 35.5. The average molecular weight is 594 g/mol. The van der Waals surface area contributed by atoms with Crippen LogP contribution in [0.1, 0.15) is 43.9 Å². The summed E-state index contributed by atoms with van der Waals surface area (Å²) < 4.78 is 46.1. The van der Waals surface area contributed by atoms with Gasteiger partial charge in [-0.2, -0.15) is 0 Å². The van der Waals surface area contributed by atoms with Gasteiger partial charge in [0.15, 0.2) is 11.6 Å². The minimum absolute atomic E-state index is 0.0363. The molecule has 1 amide bonds. The Morgan fingerprint density at radius 3 is 2.59 bits per heavy atom. The van der Waals surface area contributed by atoms with Crippen LogP contribution >= 0.6 is 23.2 Å². The number of amides is 1. The van der Waals surface area contributed by atoms with Crippen molar-refractivity contribution in [1.82, 2.24) is 9.29 Å². The van der Waals surface area contributed by atoms with Crippen LogP contribution in [0.4, 0.5) is 15.9 Å². The lowest BCUT2D eigenvalue weighted by atomic mass is 9.74. The van der Waals surface area contributed by atoms with Crippen LogP contribution in [0.5, 0.6) is 5.75 Å². The number of sulfonamides is 1. The molecule has 0 bridgehead atoms. The fourth-order valence-corrected chi connectivity index (χ4v) is 7.09. The van der Waals surface area contributed by atoms with Crippen LogP contribution in [0.3, 0.4) is 0 Å². The number of nitrogens with one attached hydrogen (secondary N) is 1. The molecule has 3 aromatic rings. The lowest BCUT2D eigenvalue weighted by Gasteiger charge is -2.37. The van der Waals surface area contributed by atoms with Crippen molar-refractivity contribution in [2.24, 2.45) is 0 Å². The summed E-state index contributed by atoms with van der Waals surface area (Å²) in [6.45, 7) is 3.89. The number of nitrogens with two attached hydrogens (primary N) is 1. The van der Waals surface area contributed by atoms with Crippen LogP contribution in [-0.2, 0) is 20.2 Å². The third-order valence-corrected chi connectivity index (χ3v) is 10.2. The molecule has 2 aliphatic rings. The minimum atomic E-state index is -3.31. The molecule has 0 aliphatic carbocycles. The number of hydrogen-bond donors (Lipinski definition) is 2. The average Bonchev–Trinajstić information content (AvgIpc) is 3.17. The number of benzene rings is 2. The van der Waals surface area contributed by atoms with E-state index in [0.29, 0.717) is 42.7 Å². The zero-order valence-electron chi connectivity index (χ0n) is 21.3. The first-order valence-corrected chi connectivity index (χ1v) is 14.8. The number of nitrogens with zero attached hydrogens (tertiary/aromatic N) is 2. The van der Waals surface area contributed by atoms with Gasteiger partial charge in [0.25, 0.3) is 0 Å². The number of piperidine rings is 1. The van der Waals surface area contributed by atoms with Gasteiger partial charge in [-0.25, -0.2) is 22.1 Å². The summed E-state index contributed by atoms with van der Waals surface area (Å²) in [5, 5.41) is 3.12. The van der Waals surface area contributed by atoms with Crippen molar-refractivity contribution in [3.63, 3.8) is 0 Å². The lowest BCUT2D eigenvalue weighted by Crippen LogP contribution is -2.48. The lowest BCUT2D eigenvalue weighted by molar-refractivity contribution is -0.122. The first-order chi connectivity index (χ1) is 18.5. The molecule has 1 aromatic heterocycles. The number of nitrogen functional groups attached to an aromatic ring is 1. The number of carbonyl (C=O) groups is 1. The summed E-state index contributed by atoms with van der Waals surface area (Å²) in [5.74, 6) is -0.296. The van der Waals surface area contributed by atoms with Crippen LogP contribution in [0.2, 0.25) is 10.0 Å². The molecule has 1 fully saturated rings. The normalized spacial score (nSPS) is 17.6. The summed E-state index contributed by atoms with van der Waals surface area (Å²) >= 11 is 12.4. The van der Waals surface area contributed by atoms with Crippen molar-refractivity contribution < 1.29 is 22.3 Å². The summed E-state index contributed by atoms with van der Waals surface area (Å²) in [4.78, 5) is 17.4. The van der Waals surface area contributed by atoms with Crippen molar-refractivity contribution in [2.45, 2.75) is 38.2 Å². The molecule has 1 atom stereocenters.